The van der Waals surface area contributed by atoms with Gasteiger partial charge in [-0.15, -0.1) is 16.9 Å². The first-order valence-corrected chi connectivity index (χ1v) is 12.4. The summed E-state index contributed by atoms with van der Waals surface area (Å²) in [4.78, 5) is 29.5. The summed E-state index contributed by atoms with van der Waals surface area (Å²) in [6.07, 6.45) is 6.16. The van der Waals surface area contributed by atoms with E-state index < -0.39 is 5.69 Å². The summed E-state index contributed by atoms with van der Waals surface area (Å²) in [6, 6.07) is 10.1. The number of halogens is 1. The van der Waals surface area contributed by atoms with Gasteiger partial charge in [0, 0.05) is 37.1 Å². The molecule has 174 valence electrons. The Balaban J connectivity index is 1.22. The lowest BCUT2D eigenvalue weighted by molar-refractivity contribution is -0.132. The second-order valence-corrected chi connectivity index (χ2v) is 9.92. The molecule has 0 unspecified atom stereocenters. The van der Waals surface area contributed by atoms with Crippen molar-refractivity contribution in [1.82, 2.24) is 24.3 Å². The summed E-state index contributed by atoms with van der Waals surface area (Å²) in [7, 11) is 0. The minimum absolute atomic E-state index is 0.107. The van der Waals surface area contributed by atoms with Crippen LogP contribution in [0.25, 0.3) is 5.65 Å². The van der Waals surface area contributed by atoms with E-state index in [9.17, 15) is 14.0 Å². The molecule has 1 aliphatic carbocycles. The summed E-state index contributed by atoms with van der Waals surface area (Å²) in [5.41, 5.74) is 0.990. The predicted octanol–water partition coefficient (Wildman–Crippen LogP) is 2.80. The topological polar surface area (TPSA) is 75.7 Å². The Morgan fingerprint density at radius 2 is 1.70 bits per heavy atom. The highest BCUT2D eigenvalue weighted by atomic mass is 32.2. The van der Waals surface area contributed by atoms with Crippen LogP contribution in [0.2, 0.25) is 0 Å². The van der Waals surface area contributed by atoms with Crippen LogP contribution in [0.4, 0.5) is 10.1 Å². The van der Waals surface area contributed by atoms with Crippen molar-refractivity contribution < 1.29 is 9.18 Å². The zero-order valence-electron chi connectivity index (χ0n) is 18.4. The monoisotopic (exact) mass is 470 g/mol. The summed E-state index contributed by atoms with van der Waals surface area (Å²) in [5, 5.41) is 10.2. The number of rotatable bonds is 5. The minimum atomic E-state index is -0.394. The Morgan fingerprint density at radius 1 is 0.970 bits per heavy atom. The van der Waals surface area contributed by atoms with Crippen molar-refractivity contribution in [1.29, 1.82) is 0 Å². The van der Waals surface area contributed by atoms with Gasteiger partial charge in [-0.2, -0.15) is 9.61 Å². The number of aromatic nitrogens is 4. The van der Waals surface area contributed by atoms with Gasteiger partial charge in [0.25, 0.3) is 0 Å². The molecule has 33 heavy (non-hydrogen) atoms. The van der Waals surface area contributed by atoms with E-state index in [1.807, 2.05) is 6.07 Å². The van der Waals surface area contributed by atoms with Crippen molar-refractivity contribution in [3.05, 3.63) is 52.7 Å². The molecule has 3 heterocycles. The molecule has 0 radical (unpaired) electrons. The summed E-state index contributed by atoms with van der Waals surface area (Å²) in [6.45, 7) is 2.28. The number of hydrogen-bond acceptors (Lipinski definition) is 6. The van der Waals surface area contributed by atoms with Crippen molar-refractivity contribution in [2.24, 2.45) is 0 Å². The predicted molar refractivity (Wildman–Crippen MR) is 125 cm³/mol. The van der Waals surface area contributed by atoms with E-state index in [0.717, 1.165) is 10.7 Å². The Labute approximate surface area is 195 Å². The van der Waals surface area contributed by atoms with E-state index in [1.54, 1.807) is 34.9 Å². The Morgan fingerprint density at radius 3 is 2.42 bits per heavy atom. The molecule has 3 aromatic rings. The molecule has 0 atom stereocenters. The van der Waals surface area contributed by atoms with E-state index in [0.29, 0.717) is 37.1 Å². The fourth-order valence-corrected chi connectivity index (χ4v) is 5.69. The molecule has 1 saturated heterocycles. The lowest BCUT2D eigenvalue weighted by Gasteiger charge is -2.36. The van der Waals surface area contributed by atoms with Gasteiger partial charge in [-0.3, -0.25) is 4.79 Å². The van der Waals surface area contributed by atoms with Crippen LogP contribution >= 0.6 is 11.8 Å². The molecule has 0 bridgehead atoms. The highest BCUT2D eigenvalue weighted by Crippen LogP contribution is 2.32. The number of piperazine rings is 1. The normalized spacial score (nSPS) is 17.6. The van der Waals surface area contributed by atoms with E-state index in [-0.39, 0.29) is 18.3 Å². The third kappa shape index (κ3) is 4.90. The first-order valence-electron chi connectivity index (χ1n) is 11.5. The largest absolute Gasteiger partial charge is 0.368 e. The standard InChI is InChI=1S/C23H27FN6O2S/c24-17-6-8-18(9-7-17)27-12-14-28(15-13-27)22(31)16-29-23(32)30-20(25-29)10-11-21(26-30)33-19-4-2-1-3-5-19/h6-11,19H,1-5,12-16H2. The van der Waals surface area contributed by atoms with Crippen molar-refractivity contribution >= 4 is 29.0 Å². The molecule has 1 aliphatic heterocycles. The maximum Gasteiger partial charge on any atom is 0.367 e. The van der Waals surface area contributed by atoms with Crippen molar-refractivity contribution in [2.45, 2.75) is 48.9 Å². The molecular formula is C23H27FN6O2S. The SMILES string of the molecule is O=C(Cn1nc2ccc(SC3CCCCC3)nn2c1=O)N1CCN(c2ccc(F)cc2)CC1. The van der Waals surface area contributed by atoms with Crippen LogP contribution in [0.5, 0.6) is 0 Å². The number of thioether (sulfide) groups is 1. The van der Waals surface area contributed by atoms with Gasteiger partial charge in [0.05, 0.1) is 0 Å². The Bertz CT molecular complexity index is 1180. The first-order chi connectivity index (χ1) is 16.1. The maximum absolute atomic E-state index is 13.2. The smallest absolute Gasteiger partial charge is 0.367 e. The average molecular weight is 471 g/mol. The fourth-order valence-electron chi connectivity index (χ4n) is 4.51. The van der Waals surface area contributed by atoms with Gasteiger partial charge >= 0.3 is 5.69 Å². The van der Waals surface area contributed by atoms with E-state index in [4.69, 9.17) is 0 Å². The Hall–Kier alpha value is -2.88. The highest BCUT2D eigenvalue weighted by molar-refractivity contribution is 7.99. The highest BCUT2D eigenvalue weighted by Gasteiger charge is 2.23. The third-order valence-electron chi connectivity index (χ3n) is 6.36. The second kappa shape index (κ2) is 9.54. The molecule has 1 amide bonds. The molecule has 2 fully saturated rings. The lowest BCUT2D eigenvalue weighted by atomic mass is 10.0. The molecule has 0 spiro atoms. The van der Waals surface area contributed by atoms with Gasteiger partial charge in [0.2, 0.25) is 5.91 Å². The first kappa shape index (κ1) is 21.9. The second-order valence-electron chi connectivity index (χ2n) is 8.60. The molecule has 2 aromatic heterocycles. The summed E-state index contributed by atoms with van der Waals surface area (Å²) < 4.78 is 15.7. The average Bonchev–Trinajstić information content (AvgIpc) is 3.15. The summed E-state index contributed by atoms with van der Waals surface area (Å²) >= 11 is 1.72. The van der Waals surface area contributed by atoms with Crippen molar-refractivity contribution in [2.75, 3.05) is 31.1 Å². The van der Waals surface area contributed by atoms with E-state index >= 15 is 0 Å². The van der Waals surface area contributed by atoms with Gasteiger partial charge in [-0.1, -0.05) is 19.3 Å². The molecular weight excluding hydrogens is 443 g/mol. The van der Waals surface area contributed by atoms with Crippen LogP contribution < -0.4 is 10.6 Å². The van der Waals surface area contributed by atoms with Gasteiger partial charge in [-0.25, -0.2) is 13.9 Å². The number of amides is 1. The number of fused-ring (bicyclic) bond motifs is 1. The molecule has 0 N–H and O–H groups in total. The molecule has 1 aromatic carbocycles. The zero-order chi connectivity index (χ0) is 22.8. The molecule has 5 rings (SSSR count). The van der Waals surface area contributed by atoms with Gasteiger partial charge in [0.15, 0.2) is 5.65 Å². The van der Waals surface area contributed by atoms with Gasteiger partial charge in [-0.05, 0) is 49.2 Å². The molecule has 1 saturated carbocycles. The third-order valence-corrected chi connectivity index (χ3v) is 7.63. The number of carbonyl (C=O) groups is 1. The lowest BCUT2D eigenvalue weighted by Crippen LogP contribution is -2.50. The number of benzene rings is 1. The van der Waals surface area contributed by atoms with Crippen LogP contribution in [0, 0.1) is 5.82 Å². The number of anilines is 1. The zero-order valence-corrected chi connectivity index (χ0v) is 19.2. The van der Waals surface area contributed by atoms with Crippen LogP contribution in [0.15, 0.2) is 46.2 Å². The van der Waals surface area contributed by atoms with Crippen LogP contribution in [0.1, 0.15) is 32.1 Å². The number of nitrogens with zero attached hydrogens (tertiary/aromatic N) is 6. The Kier molecular flexibility index (Phi) is 6.34. The number of hydrogen-bond donors (Lipinski definition) is 0. The molecule has 2 aliphatic rings. The van der Waals surface area contributed by atoms with Crippen LogP contribution in [0.3, 0.4) is 0 Å². The molecule has 10 heteroatoms. The fraction of sp³-hybridized carbons (Fsp3) is 0.478. The van der Waals surface area contributed by atoms with Crippen LogP contribution in [-0.2, 0) is 11.3 Å². The van der Waals surface area contributed by atoms with Crippen molar-refractivity contribution in [3.63, 3.8) is 0 Å². The number of carbonyl (C=O) groups excluding carboxylic acids is 1. The van der Waals surface area contributed by atoms with Crippen molar-refractivity contribution in [3.8, 4) is 0 Å². The van der Waals surface area contributed by atoms with Crippen LogP contribution in [-0.4, -0.2) is 61.6 Å². The van der Waals surface area contributed by atoms with Gasteiger partial charge < -0.3 is 9.80 Å². The summed E-state index contributed by atoms with van der Waals surface area (Å²) in [5.74, 6) is -0.407. The quantitative estimate of drug-likeness (QED) is 0.571. The maximum atomic E-state index is 13.2. The molecule has 8 nitrogen and oxygen atoms in total. The van der Waals surface area contributed by atoms with E-state index in [1.165, 1.54) is 53.4 Å². The van der Waals surface area contributed by atoms with E-state index in [2.05, 4.69) is 15.1 Å². The minimum Gasteiger partial charge on any atom is -0.368 e. The van der Waals surface area contributed by atoms with Gasteiger partial charge in [0.1, 0.15) is 17.4 Å².